The fourth-order valence-electron chi connectivity index (χ4n) is 5.68. The van der Waals surface area contributed by atoms with E-state index in [1.807, 2.05) is 0 Å². The number of benzene rings is 1. The molecule has 2 amide bonds. The zero-order chi connectivity index (χ0) is 26.9. The van der Waals surface area contributed by atoms with E-state index >= 15 is 0 Å². The van der Waals surface area contributed by atoms with E-state index < -0.39 is 18.4 Å². The molecule has 1 aliphatic heterocycles. The number of halogens is 2. The van der Waals surface area contributed by atoms with Crippen LogP contribution in [0.15, 0.2) is 24.4 Å². The molecule has 2 aromatic rings. The molecule has 2 aliphatic carbocycles. The number of hydrogen-bond acceptors (Lipinski definition) is 7. The van der Waals surface area contributed by atoms with Crippen LogP contribution in [0, 0.1) is 0 Å². The quantitative estimate of drug-likeness (QED) is 0.563. The number of methoxy groups -OCH3 is 1. The van der Waals surface area contributed by atoms with Gasteiger partial charge in [-0.1, -0.05) is 32.1 Å². The number of alkyl halides is 2. The van der Waals surface area contributed by atoms with Crippen LogP contribution < -0.4 is 25.2 Å². The summed E-state index contributed by atoms with van der Waals surface area (Å²) in [5.74, 6) is -4.06. The monoisotopic (exact) mass is 528 g/mol. The normalized spacial score (nSPS) is 20.2. The van der Waals surface area contributed by atoms with Gasteiger partial charge in [0.15, 0.2) is 5.82 Å². The Kier molecular flexibility index (Phi) is 7.36. The van der Waals surface area contributed by atoms with Crippen LogP contribution in [0.3, 0.4) is 0 Å². The van der Waals surface area contributed by atoms with Crippen LogP contribution >= 0.6 is 0 Å². The highest BCUT2D eigenvalue weighted by Gasteiger charge is 2.48. The van der Waals surface area contributed by atoms with E-state index in [2.05, 4.69) is 20.6 Å². The van der Waals surface area contributed by atoms with Crippen molar-refractivity contribution in [3.8, 4) is 5.75 Å². The molecule has 11 heteroatoms. The fourth-order valence-corrected chi connectivity index (χ4v) is 5.68. The Hall–Kier alpha value is -3.50. The maximum atomic E-state index is 14.8. The molecule has 1 aromatic carbocycles. The summed E-state index contributed by atoms with van der Waals surface area (Å²) in [6.07, 6.45) is 10.2. The van der Waals surface area contributed by atoms with E-state index in [-0.39, 0.29) is 29.6 Å². The summed E-state index contributed by atoms with van der Waals surface area (Å²) < 4.78 is 35.2. The van der Waals surface area contributed by atoms with Gasteiger partial charge in [-0.2, -0.15) is 13.8 Å². The molecule has 9 nitrogen and oxygen atoms in total. The number of ether oxygens (including phenoxy) is 1. The largest absolute Gasteiger partial charge is 0.495 e. The molecule has 0 spiro atoms. The van der Waals surface area contributed by atoms with Crippen molar-refractivity contribution in [1.29, 1.82) is 0 Å². The summed E-state index contributed by atoms with van der Waals surface area (Å²) in [5.41, 5.74) is 1.25. The molecular weight excluding hydrogens is 494 g/mol. The molecule has 2 heterocycles. The minimum Gasteiger partial charge on any atom is -0.495 e. The van der Waals surface area contributed by atoms with E-state index in [0.717, 1.165) is 56.3 Å². The summed E-state index contributed by atoms with van der Waals surface area (Å²) >= 11 is 0. The third kappa shape index (κ3) is 5.23. The number of carbonyl (C=O) groups excluding carboxylic acids is 2. The van der Waals surface area contributed by atoms with Crippen LogP contribution in [0.5, 0.6) is 5.75 Å². The van der Waals surface area contributed by atoms with Crippen molar-refractivity contribution >= 4 is 35.0 Å². The molecular formula is C27H34F2N6O3. The lowest BCUT2D eigenvalue weighted by Gasteiger charge is -2.31. The van der Waals surface area contributed by atoms with Gasteiger partial charge in [-0.3, -0.25) is 9.59 Å². The van der Waals surface area contributed by atoms with Gasteiger partial charge in [0.2, 0.25) is 5.95 Å². The second kappa shape index (κ2) is 10.7. The number of aromatic nitrogens is 2. The van der Waals surface area contributed by atoms with Crippen LogP contribution in [0.1, 0.15) is 68.1 Å². The Bertz CT molecular complexity index is 1200. The molecule has 38 heavy (non-hydrogen) atoms. The first-order chi connectivity index (χ1) is 18.3. The first-order valence-corrected chi connectivity index (χ1v) is 13.3. The molecule has 0 saturated heterocycles. The highest BCUT2D eigenvalue weighted by Crippen LogP contribution is 2.40. The van der Waals surface area contributed by atoms with Crippen LogP contribution in [0.2, 0.25) is 0 Å². The van der Waals surface area contributed by atoms with Crippen molar-refractivity contribution in [2.24, 2.45) is 0 Å². The van der Waals surface area contributed by atoms with Crippen LogP contribution in [0.4, 0.5) is 31.9 Å². The van der Waals surface area contributed by atoms with Crippen molar-refractivity contribution in [1.82, 2.24) is 15.3 Å². The second-order valence-electron chi connectivity index (χ2n) is 10.4. The van der Waals surface area contributed by atoms with Gasteiger partial charge in [0.05, 0.1) is 25.5 Å². The lowest BCUT2D eigenvalue weighted by molar-refractivity contribution is -0.140. The zero-order valence-corrected chi connectivity index (χ0v) is 21.8. The molecule has 3 aliphatic rings. The van der Waals surface area contributed by atoms with Gasteiger partial charge in [0.25, 0.3) is 11.8 Å². The van der Waals surface area contributed by atoms with Crippen molar-refractivity contribution in [3.05, 3.63) is 30.0 Å². The summed E-state index contributed by atoms with van der Waals surface area (Å²) in [4.78, 5) is 36.7. The van der Waals surface area contributed by atoms with Crippen LogP contribution in [-0.2, 0) is 4.79 Å². The van der Waals surface area contributed by atoms with Crippen molar-refractivity contribution in [2.45, 2.75) is 75.8 Å². The molecule has 5 rings (SSSR count). The summed E-state index contributed by atoms with van der Waals surface area (Å²) in [6, 6.07) is 5.13. The van der Waals surface area contributed by atoms with Gasteiger partial charge >= 0.3 is 5.92 Å². The Morgan fingerprint density at radius 3 is 2.53 bits per heavy atom. The number of nitrogens with zero attached hydrogens (tertiary/aromatic N) is 4. The van der Waals surface area contributed by atoms with E-state index in [9.17, 15) is 18.4 Å². The van der Waals surface area contributed by atoms with E-state index in [4.69, 9.17) is 4.74 Å². The van der Waals surface area contributed by atoms with Crippen molar-refractivity contribution < 1.29 is 23.1 Å². The molecule has 0 unspecified atom stereocenters. The Labute approximate surface area is 221 Å². The summed E-state index contributed by atoms with van der Waals surface area (Å²) in [6.45, 7) is -0.724. The minimum absolute atomic E-state index is 0.127. The molecule has 204 valence electrons. The lowest BCUT2D eigenvalue weighted by atomic mass is 9.95. The number of nitrogens with one attached hydrogen (secondary N) is 2. The van der Waals surface area contributed by atoms with E-state index in [0.29, 0.717) is 22.8 Å². The highest BCUT2D eigenvalue weighted by molar-refractivity contribution is 6.02. The number of rotatable bonds is 6. The number of anilines is 4. The third-order valence-electron chi connectivity index (χ3n) is 7.79. The van der Waals surface area contributed by atoms with Gasteiger partial charge in [-0.05, 0) is 43.9 Å². The summed E-state index contributed by atoms with van der Waals surface area (Å²) in [5, 5.41) is 6.21. The smallest absolute Gasteiger partial charge is 0.342 e. The zero-order valence-electron chi connectivity index (χ0n) is 21.8. The fraction of sp³-hybridized carbons (Fsp3) is 0.556. The molecule has 2 N–H and O–H groups in total. The average molecular weight is 529 g/mol. The Balaban J connectivity index is 1.41. The number of fused-ring (bicyclic) bond motifs is 1. The van der Waals surface area contributed by atoms with Gasteiger partial charge in [-0.25, -0.2) is 4.98 Å². The maximum Gasteiger partial charge on any atom is 0.342 e. The van der Waals surface area contributed by atoms with Gasteiger partial charge in [-0.15, -0.1) is 0 Å². The predicted octanol–water partition coefficient (Wildman–Crippen LogP) is 4.65. The first kappa shape index (κ1) is 26.1. The molecule has 2 fully saturated rings. The Morgan fingerprint density at radius 2 is 1.82 bits per heavy atom. The van der Waals surface area contributed by atoms with E-state index in [1.54, 1.807) is 23.1 Å². The van der Waals surface area contributed by atoms with Crippen molar-refractivity contribution in [2.75, 3.05) is 35.8 Å². The number of hydrogen-bond donors (Lipinski definition) is 2. The maximum absolute atomic E-state index is 14.8. The molecule has 0 radical (unpaired) electrons. The molecule has 2 saturated carbocycles. The molecule has 0 bridgehead atoms. The van der Waals surface area contributed by atoms with Gasteiger partial charge in [0.1, 0.15) is 11.4 Å². The first-order valence-electron chi connectivity index (χ1n) is 13.3. The lowest BCUT2D eigenvalue weighted by Crippen LogP contribution is -2.48. The van der Waals surface area contributed by atoms with Gasteiger partial charge < -0.3 is 25.2 Å². The SMILES string of the molecule is COc1cc(C(=O)NC2CCCCC2)ccc1Nc1ncc2c(n1)N(C1CCCC1)CC(F)(F)C(=O)N2C. The topological polar surface area (TPSA) is 99.7 Å². The highest BCUT2D eigenvalue weighted by atomic mass is 19.3. The predicted molar refractivity (Wildman–Crippen MR) is 141 cm³/mol. The van der Waals surface area contributed by atoms with E-state index in [1.165, 1.54) is 26.8 Å². The van der Waals surface area contributed by atoms with Crippen LogP contribution in [0.25, 0.3) is 0 Å². The van der Waals surface area contributed by atoms with Crippen LogP contribution in [-0.4, -0.2) is 60.5 Å². The third-order valence-corrected chi connectivity index (χ3v) is 7.79. The Morgan fingerprint density at radius 1 is 1.11 bits per heavy atom. The minimum atomic E-state index is -3.54. The second-order valence-corrected chi connectivity index (χ2v) is 10.4. The number of carbonyl (C=O) groups is 2. The van der Waals surface area contributed by atoms with Crippen molar-refractivity contribution in [3.63, 3.8) is 0 Å². The number of amides is 2. The summed E-state index contributed by atoms with van der Waals surface area (Å²) in [7, 11) is 2.83. The average Bonchev–Trinajstić information content (AvgIpc) is 3.44. The van der Waals surface area contributed by atoms with Gasteiger partial charge in [0, 0.05) is 24.7 Å². The standard InChI is InChI=1S/C27H34F2N6O3/c1-34-21-15-30-26(33-23(21)35(19-10-6-7-11-19)16-27(28,29)25(34)37)32-20-13-12-17(14-22(20)38-2)24(36)31-18-8-4-3-5-9-18/h12-15,18-19H,3-11,16H2,1-2H3,(H,31,36)(H,30,32,33). The molecule has 0 atom stereocenters. The molecule has 1 aromatic heterocycles.